The molecule has 0 saturated heterocycles. The Kier molecular flexibility index (Phi) is 8.36. The first kappa shape index (κ1) is 20.5. The first-order chi connectivity index (χ1) is 13.1. The van der Waals surface area contributed by atoms with Crippen molar-refractivity contribution in [3.05, 3.63) is 65.0 Å². The fraction of sp³-hybridized carbons (Fsp3) is 0.364. The van der Waals surface area contributed by atoms with E-state index in [0.29, 0.717) is 13.2 Å². The topological polar surface area (TPSA) is 52.9 Å². The number of oxime groups is 1. The fourth-order valence-corrected chi connectivity index (χ4v) is 2.66. The Bertz CT molecular complexity index is 745. The molecule has 1 heterocycles. The molecule has 0 N–H and O–H groups in total. The van der Waals surface area contributed by atoms with Crippen LogP contribution >= 0.6 is 0 Å². The fourth-order valence-electron chi connectivity index (χ4n) is 2.66. The summed E-state index contributed by atoms with van der Waals surface area (Å²) in [6.07, 6.45) is 9.16. The zero-order chi connectivity index (χ0) is 19.5. The third-order valence-electron chi connectivity index (χ3n) is 3.99. The van der Waals surface area contributed by atoms with Gasteiger partial charge in [0.15, 0.2) is 0 Å². The van der Waals surface area contributed by atoms with Crippen LogP contribution in [0.25, 0.3) is 0 Å². The summed E-state index contributed by atoms with van der Waals surface area (Å²) in [7, 11) is 1.52. The molecule has 0 radical (unpaired) electrons. The van der Waals surface area contributed by atoms with Gasteiger partial charge in [0.2, 0.25) is 0 Å². The monoisotopic (exact) mass is 368 g/mol. The molecule has 0 atom stereocenters. The summed E-state index contributed by atoms with van der Waals surface area (Å²) >= 11 is 0. The Morgan fingerprint density at radius 3 is 2.52 bits per heavy atom. The molecule has 27 heavy (non-hydrogen) atoms. The van der Waals surface area contributed by atoms with Crippen LogP contribution in [-0.4, -0.2) is 31.5 Å². The summed E-state index contributed by atoms with van der Waals surface area (Å²) in [4.78, 5) is 9.10. The SMILES string of the molecule is C/C=C/COc1cc(C)c(OCCCc2ccc(/C=N/OC)cn2)c(C)c1. The summed E-state index contributed by atoms with van der Waals surface area (Å²) in [5, 5.41) is 3.73. The van der Waals surface area contributed by atoms with E-state index < -0.39 is 0 Å². The van der Waals surface area contributed by atoms with E-state index in [2.05, 4.69) is 15.0 Å². The minimum Gasteiger partial charge on any atom is -0.493 e. The number of allylic oxidation sites excluding steroid dienone is 1. The van der Waals surface area contributed by atoms with Crippen LogP contribution < -0.4 is 9.47 Å². The van der Waals surface area contributed by atoms with Crippen molar-refractivity contribution in [2.24, 2.45) is 5.16 Å². The maximum absolute atomic E-state index is 6.01. The average Bonchev–Trinajstić information content (AvgIpc) is 2.66. The molecular formula is C22H28N2O3. The number of benzene rings is 1. The van der Waals surface area contributed by atoms with Crippen molar-refractivity contribution in [2.75, 3.05) is 20.3 Å². The maximum Gasteiger partial charge on any atom is 0.125 e. The van der Waals surface area contributed by atoms with Gasteiger partial charge < -0.3 is 14.3 Å². The van der Waals surface area contributed by atoms with Gasteiger partial charge in [-0.3, -0.25) is 4.98 Å². The molecule has 0 fully saturated rings. The number of hydrogen-bond donors (Lipinski definition) is 0. The van der Waals surface area contributed by atoms with Crippen LogP contribution in [0.3, 0.4) is 0 Å². The highest BCUT2D eigenvalue weighted by atomic mass is 16.6. The number of aryl methyl sites for hydroxylation is 3. The second-order valence-electron chi connectivity index (χ2n) is 6.22. The van der Waals surface area contributed by atoms with E-state index in [9.17, 15) is 0 Å². The molecule has 1 aromatic heterocycles. The van der Waals surface area contributed by atoms with Gasteiger partial charge in [-0.1, -0.05) is 17.3 Å². The van der Waals surface area contributed by atoms with Gasteiger partial charge in [0.05, 0.1) is 12.8 Å². The van der Waals surface area contributed by atoms with Crippen LogP contribution in [0.2, 0.25) is 0 Å². The molecule has 5 heteroatoms. The smallest absolute Gasteiger partial charge is 0.125 e. The van der Waals surface area contributed by atoms with Crippen LogP contribution in [0, 0.1) is 13.8 Å². The lowest BCUT2D eigenvalue weighted by atomic mass is 10.1. The molecule has 0 aliphatic rings. The Labute approximate surface area is 161 Å². The molecule has 0 unspecified atom stereocenters. The van der Waals surface area contributed by atoms with Crippen molar-refractivity contribution in [2.45, 2.75) is 33.6 Å². The maximum atomic E-state index is 6.01. The second kappa shape index (κ2) is 11.0. The molecule has 2 rings (SSSR count). The van der Waals surface area contributed by atoms with Crippen LogP contribution in [0.5, 0.6) is 11.5 Å². The van der Waals surface area contributed by atoms with Crippen molar-refractivity contribution >= 4 is 6.21 Å². The van der Waals surface area contributed by atoms with E-state index in [0.717, 1.165) is 46.7 Å². The molecular weight excluding hydrogens is 340 g/mol. The van der Waals surface area contributed by atoms with E-state index in [1.165, 1.54) is 7.11 Å². The van der Waals surface area contributed by atoms with Gasteiger partial charge in [0.1, 0.15) is 25.2 Å². The molecule has 0 saturated carbocycles. The molecule has 0 spiro atoms. The van der Waals surface area contributed by atoms with Crippen LogP contribution in [0.1, 0.15) is 35.7 Å². The number of aromatic nitrogens is 1. The van der Waals surface area contributed by atoms with E-state index in [4.69, 9.17) is 9.47 Å². The summed E-state index contributed by atoms with van der Waals surface area (Å²) in [6, 6.07) is 8.03. The molecule has 0 aliphatic heterocycles. The highest BCUT2D eigenvalue weighted by molar-refractivity contribution is 5.78. The third-order valence-corrected chi connectivity index (χ3v) is 3.99. The van der Waals surface area contributed by atoms with Crippen molar-refractivity contribution < 1.29 is 14.3 Å². The number of rotatable bonds is 10. The van der Waals surface area contributed by atoms with Crippen LogP contribution in [0.15, 0.2) is 47.8 Å². The molecule has 1 aromatic carbocycles. The minimum absolute atomic E-state index is 0.582. The summed E-state index contributed by atoms with van der Waals surface area (Å²) < 4.78 is 11.7. The molecule has 5 nitrogen and oxygen atoms in total. The minimum atomic E-state index is 0.582. The van der Waals surface area contributed by atoms with Gasteiger partial charge in [-0.25, -0.2) is 0 Å². The van der Waals surface area contributed by atoms with E-state index in [1.54, 1.807) is 12.4 Å². The lowest BCUT2D eigenvalue weighted by Crippen LogP contribution is -2.04. The Hall–Kier alpha value is -2.82. The average molecular weight is 368 g/mol. The van der Waals surface area contributed by atoms with Gasteiger partial charge >= 0.3 is 0 Å². The van der Waals surface area contributed by atoms with Gasteiger partial charge in [-0.05, 0) is 69.0 Å². The van der Waals surface area contributed by atoms with Crippen LogP contribution in [-0.2, 0) is 11.3 Å². The van der Waals surface area contributed by atoms with Gasteiger partial charge in [0, 0.05) is 17.5 Å². The summed E-state index contributed by atoms with van der Waals surface area (Å²) in [5.41, 5.74) is 4.13. The number of hydrogen-bond acceptors (Lipinski definition) is 5. The summed E-state index contributed by atoms with van der Waals surface area (Å²) in [6.45, 7) is 7.31. The predicted octanol–water partition coefficient (Wildman–Crippen LogP) is 4.65. The number of ether oxygens (including phenoxy) is 2. The van der Waals surface area contributed by atoms with Crippen LogP contribution in [0.4, 0.5) is 0 Å². The number of nitrogens with zero attached hydrogens (tertiary/aromatic N) is 2. The highest BCUT2D eigenvalue weighted by Gasteiger charge is 2.07. The summed E-state index contributed by atoms with van der Waals surface area (Å²) in [5.74, 6) is 1.81. The second-order valence-corrected chi connectivity index (χ2v) is 6.22. The Morgan fingerprint density at radius 1 is 1.11 bits per heavy atom. The third kappa shape index (κ3) is 6.77. The van der Waals surface area contributed by atoms with E-state index >= 15 is 0 Å². The normalized spacial score (nSPS) is 11.3. The lowest BCUT2D eigenvalue weighted by molar-refractivity contribution is 0.215. The first-order valence-corrected chi connectivity index (χ1v) is 9.13. The standard InChI is InChI=1S/C22H28N2O3/c1-5-6-11-26-21-13-17(2)22(18(3)14-21)27-12-7-8-20-10-9-19(15-23-20)16-24-25-4/h5-6,9-10,13-16H,7-8,11-12H2,1-4H3/b6-5+,24-16+. The lowest BCUT2D eigenvalue weighted by Gasteiger charge is -2.14. The highest BCUT2D eigenvalue weighted by Crippen LogP contribution is 2.28. The van der Waals surface area contributed by atoms with Crippen molar-refractivity contribution in [3.63, 3.8) is 0 Å². The quantitative estimate of drug-likeness (QED) is 0.265. The van der Waals surface area contributed by atoms with E-state index in [-0.39, 0.29) is 0 Å². The van der Waals surface area contributed by atoms with Gasteiger partial charge in [-0.2, -0.15) is 0 Å². The largest absolute Gasteiger partial charge is 0.493 e. The Balaban J connectivity index is 1.83. The van der Waals surface area contributed by atoms with Crippen molar-refractivity contribution in [1.29, 1.82) is 0 Å². The van der Waals surface area contributed by atoms with Gasteiger partial charge in [-0.15, -0.1) is 0 Å². The molecule has 144 valence electrons. The Morgan fingerprint density at radius 2 is 1.89 bits per heavy atom. The predicted molar refractivity (Wildman–Crippen MR) is 109 cm³/mol. The zero-order valence-electron chi connectivity index (χ0n) is 16.6. The molecule has 0 amide bonds. The molecule has 0 bridgehead atoms. The molecule has 2 aromatic rings. The first-order valence-electron chi connectivity index (χ1n) is 9.13. The molecule has 0 aliphatic carbocycles. The van der Waals surface area contributed by atoms with Gasteiger partial charge in [0.25, 0.3) is 0 Å². The van der Waals surface area contributed by atoms with E-state index in [1.807, 2.05) is 57.2 Å². The van der Waals surface area contributed by atoms with Crippen molar-refractivity contribution in [3.8, 4) is 11.5 Å². The number of pyridine rings is 1. The zero-order valence-corrected chi connectivity index (χ0v) is 16.6. The van der Waals surface area contributed by atoms with Crippen molar-refractivity contribution in [1.82, 2.24) is 4.98 Å².